The summed E-state index contributed by atoms with van der Waals surface area (Å²) in [5.74, 6) is 3.35. The molecule has 0 saturated carbocycles. The highest BCUT2D eigenvalue weighted by molar-refractivity contribution is 9.10. The van der Waals surface area contributed by atoms with Crippen molar-refractivity contribution in [3.63, 3.8) is 0 Å². The van der Waals surface area contributed by atoms with Crippen LogP contribution in [0, 0.1) is 0 Å². The first-order valence-corrected chi connectivity index (χ1v) is 19.2. The first kappa shape index (κ1) is 38.2. The van der Waals surface area contributed by atoms with Gasteiger partial charge in [-0.3, -0.25) is 0 Å². The van der Waals surface area contributed by atoms with Gasteiger partial charge in [0.05, 0.1) is 21.2 Å². The third-order valence-electron chi connectivity index (χ3n) is 9.60. The number of hydrogen-bond donors (Lipinski definition) is 2. The minimum Gasteiger partial charge on any atom is -0.507 e. The molecule has 0 aliphatic rings. The number of halogens is 2. The Morgan fingerprint density at radius 2 is 0.849 bits per heavy atom. The lowest BCUT2D eigenvalue weighted by molar-refractivity contribution is -0.0413. The Kier molecular flexibility index (Phi) is 12.0. The molecule has 0 heterocycles. The highest BCUT2D eigenvalue weighted by atomic mass is 79.9. The van der Waals surface area contributed by atoms with Crippen LogP contribution in [0.2, 0.25) is 0 Å². The summed E-state index contributed by atoms with van der Waals surface area (Å²) in [6.07, 6.45) is 0.507. The van der Waals surface area contributed by atoms with Crippen molar-refractivity contribution in [1.29, 1.82) is 0 Å². The van der Waals surface area contributed by atoms with Crippen molar-refractivity contribution >= 4 is 31.9 Å². The summed E-state index contributed by atoms with van der Waals surface area (Å²) in [7, 11) is 0. The van der Waals surface area contributed by atoms with E-state index < -0.39 is 0 Å². The average Bonchev–Trinajstić information content (AvgIpc) is 3.14. The van der Waals surface area contributed by atoms with Crippen molar-refractivity contribution < 1.29 is 24.4 Å². The van der Waals surface area contributed by atoms with Gasteiger partial charge in [-0.05, 0) is 151 Å². The van der Waals surface area contributed by atoms with Crippen LogP contribution in [0.25, 0.3) is 0 Å². The maximum absolute atomic E-state index is 10.3. The summed E-state index contributed by atoms with van der Waals surface area (Å²) in [5, 5.41) is 20.6. The molecule has 7 heteroatoms. The summed E-state index contributed by atoms with van der Waals surface area (Å²) < 4.78 is 21.3. The molecule has 2 atom stereocenters. The average molecular weight is 837 g/mol. The summed E-state index contributed by atoms with van der Waals surface area (Å²) in [5.41, 5.74) is 3.37. The van der Waals surface area contributed by atoms with E-state index in [4.69, 9.17) is 14.2 Å². The molecule has 6 rings (SSSR count). The second-order valence-electron chi connectivity index (χ2n) is 14.6. The largest absolute Gasteiger partial charge is 0.507 e. The van der Waals surface area contributed by atoms with Crippen LogP contribution < -0.4 is 9.47 Å². The van der Waals surface area contributed by atoms with Gasteiger partial charge in [0.15, 0.2) is 0 Å². The molecule has 53 heavy (non-hydrogen) atoms. The summed E-state index contributed by atoms with van der Waals surface area (Å²) in [6, 6.07) is 47.1. The van der Waals surface area contributed by atoms with Gasteiger partial charge in [0.25, 0.3) is 0 Å². The van der Waals surface area contributed by atoms with Crippen LogP contribution in [-0.2, 0) is 15.6 Å². The third kappa shape index (κ3) is 9.91. The topological polar surface area (TPSA) is 68.2 Å². The summed E-state index contributed by atoms with van der Waals surface area (Å²) >= 11 is 7.06. The van der Waals surface area contributed by atoms with Crippen LogP contribution in [0.5, 0.6) is 34.5 Å². The quantitative estimate of drug-likeness (QED) is 0.114. The molecule has 0 fully saturated rings. The molecular formula is C46H44Br2O5. The zero-order chi connectivity index (χ0) is 37.6. The molecule has 5 nitrogen and oxygen atoms in total. The molecule has 0 bridgehead atoms. The fraction of sp³-hybridized carbons (Fsp3) is 0.217. The normalized spacial score (nSPS) is 12.9. The van der Waals surface area contributed by atoms with Crippen LogP contribution in [0.15, 0.2) is 155 Å². The van der Waals surface area contributed by atoms with Gasteiger partial charge in [0, 0.05) is 0 Å². The highest BCUT2D eigenvalue weighted by Crippen LogP contribution is 2.45. The molecule has 272 valence electrons. The van der Waals surface area contributed by atoms with Gasteiger partial charge in [0.1, 0.15) is 34.5 Å². The van der Waals surface area contributed by atoms with Gasteiger partial charge in [-0.1, -0.05) is 100 Å². The van der Waals surface area contributed by atoms with E-state index in [1.165, 1.54) is 0 Å². The number of ether oxygens (including phenoxy) is 3. The second-order valence-corrected chi connectivity index (χ2v) is 16.3. The number of hydrogen-bond acceptors (Lipinski definition) is 5. The van der Waals surface area contributed by atoms with Crippen molar-refractivity contribution in [2.75, 3.05) is 0 Å². The summed E-state index contributed by atoms with van der Waals surface area (Å²) in [6.45, 7) is 8.81. The molecule has 0 saturated heterocycles. The molecule has 0 amide bonds. The van der Waals surface area contributed by atoms with Gasteiger partial charge < -0.3 is 24.4 Å². The lowest BCUT2D eigenvalue weighted by Gasteiger charge is -2.36. The molecule has 2 N–H and O–H groups in total. The Hall–Kier alpha value is -4.56. The maximum Gasteiger partial charge on any atom is 0.129 e. The van der Waals surface area contributed by atoms with E-state index in [-0.39, 0.29) is 34.5 Å². The zero-order valence-corrected chi connectivity index (χ0v) is 33.5. The van der Waals surface area contributed by atoms with E-state index in [9.17, 15) is 10.2 Å². The SMILES string of the molecule is CC(C)(CC(OC(CC(C)(C)c1ccc(O)c(Br)c1)c1cccc(Oc2ccccc2)c1)c1cccc(Oc2ccccc2)c1)c1ccc(O)c(Br)c1. The molecular weight excluding hydrogens is 792 g/mol. The molecule has 0 spiro atoms. The van der Waals surface area contributed by atoms with Gasteiger partial charge in [0.2, 0.25) is 0 Å². The predicted octanol–water partition coefficient (Wildman–Crippen LogP) is 13.7. The number of aromatic hydroxyl groups is 2. The Labute approximate surface area is 329 Å². The molecule has 0 aromatic heterocycles. The number of rotatable bonds is 14. The minimum absolute atomic E-state index is 0.198. The first-order chi connectivity index (χ1) is 25.4. The Morgan fingerprint density at radius 1 is 0.472 bits per heavy atom. The molecule has 0 aliphatic heterocycles. The van der Waals surface area contributed by atoms with E-state index in [2.05, 4.69) is 83.8 Å². The van der Waals surface area contributed by atoms with Crippen LogP contribution in [0.3, 0.4) is 0 Å². The Bertz CT molecular complexity index is 1980. The Balaban J connectivity index is 1.42. The van der Waals surface area contributed by atoms with Crippen molar-refractivity contribution in [3.05, 3.63) is 177 Å². The lowest BCUT2D eigenvalue weighted by atomic mass is 9.77. The van der Waals surface area contributed by atoms with E-state index in [0.717, 1.165) is 45.3 Å². The van der Waals surface area contributed by atoms with Crippen LogP contribution in [0.1, 0.15) is 75.0 Å². The fourth-order valence-corrected chi connectivity index (χ4v) is 7.27. The monoisotopic (exact) mass is 834 g/mol. The van der Waals surface area contributed by atoms with Crippen molar-refractivity contribution in [3.8, 4) is 34.5 Å². The van der Waals surface area contributed by atoms with Gasteiger partial charge in [-0.15, -0.1) is 0 Å². The third-order valence-corrected chi connectivity index (χ3v) is 10.9. The number of phenols is 2. The number of benzene rings is 6. The summed E-state index contributed by atoms with van der Waals surface area (Å²) in [4.78, 5) is 0. The van der Waals surface area contributed by atoms with Gasteiger partial charge in [-0.25, -0.2) is 0 Å². The van der Waals surface area contributed by atoms with Gasteiger partial charge >= 0.3 is 0 Å². The highest BCUT2D eigenvalue weighted by Gasteiger charge is 2.33. The standard InChI is InChI=1S/C46H44Br2O5/c1-45(2,33-21-23-41(49)39(47)27-33)29-43(31-13-11-19-37(25-31)51-35-15-7-5-8-16-35)53-44(30-46(3,4)34-22-24-42(50)40(48)28-34)32-14-12-20-38(26-32)52-36-17-9-6-10-18-36/h5-28,43-44,49-50H,29-30H2,1-4H3. The van der Waals surface area contributed by atoms with Crippen molar-refractivity contribution in [1.82, 2.24) is 0 Å². The lowest BCUT2D eigenvalue weighted by Crippen LogP contribution is -2.26. The van der Waals surface area contributed by atoms with Crippen molar-refractivity contribution in [2.45, 2.75) is 63.6 Å². The zero-order valence-electron chi connectivity index (χ0n) is 30.3. The van der Waals surface area contributed by atoms with E-state index in [1.54, 1.807) is 12.1 Å². The smallest absolute Gasteiger partial charge is 0.129 e. The minimum atomic E-state index is -0.372. The number of phenolic OH excluding ortho intramolecular Hbond substituents is 2. The Morgan fingerprint density at radius 3 is 1.23 bits per heavy atom. The van der Waals surface area contributed by atoms with E-state index >= 15 is 0 Å². The van der Waals surface area contributed by atoms with Crippen LogP contribution in [-0.4, -0.2) is 10.2 Å². The fourth-order valence-electron chi connectivity index (χ4n) is 6.51. The van der Waals surface area contributed by atoms with Crippen LogP contribution >= 0.6 is 31.9 Å². The first-order valence-electron chi connectivity index (χ1n) is 17.7. The number of para-hydroxylation sites is 2. The molecule has 0 aliphatic carbocycles. The molecule has 6 aromatic rings. The maximum atomic E-state index is 10.3. The second kappa shape index (κ2) is 16.6. The molecule has 2 unspecified atom stereocenters. The van der Waals surface area contributed by atoms with Gasteiger partial charge in [-0.2, -0.15) is 0 Å². The molecule has 6 aromatic carbocycles. The van der Waals surface area contributed by atoms with E-state index in [0.29, 0.717) is 21.8 Å². The predicted molar refractivity (Wildman–Crippen MR) is 219 cm³/mol. The molecule has 0 radical (unpaired) electrons. The van der Waals surface area contributed by atoms with Crippen LogP contribution in [0.4, 0.5) is 0 Å². The van der Waals surface area contributed by atoms with Crippen molar-refractivity contribution in [2.24, 2.45) is 0 Å². The van der Waals surface area contributed by atoms with E-state index in [1.807, 2.05) is 109 Å².